The number of benzene rings is 2. The van der Waals surface area contributed by atoms with Crippen molar-refractivity contribution < 1.29 is 28.6 Å². The van der Waals surface area contributed by atoms with Gasteiger partial charge in [0.25, 0.3) is 11.8 Å². The number of rotatable bonds is 5. The molecule has 0 radical (unpaired) electrons. The summed E-state index contributed by atoms with van der Waals surface area (Å²) in [6, 6.07) is 16.1. The van der Waals surface area contributed by atoms with Crippen molar-refractivity contribution in [1.82, 2.24) is 10.9 Å². The number of carbonyl (C=O) groups excluding carboxylic acids is 3. The zero-order valence-electron chi connectivity index (χ0n) is 14.8. The van der Waals surface area contributed by atoms with Gasteiger partial charge in [-0.25, -0.2) is 4.79 Å². The molecule has 8 heteroatoms. The molecule has 0 fully saturated rings. The Morgan fingerprint density at radius 1 is 1.00 bits per heavy atom. The van der Waals surface area contributed by atoms with Crippen LogP contribution in [-0.2, 0) is 19.1 Å². The molecule has 0 bridgehead atoms. The number of ether oxygens (including phenoxy) is 3. The lowest BCUT2D eigenvalue weighted by molar-refractivity contribution is -0.145. The first-order valence-electron chi connectivity index (χ1n) is 8.49. The Morgan fingerprint density at radius 2 is 1.71 bits per heavy atom. The van der Waals surface area contributed by atoms with E-state index in [1.807, 2.05) is 30.3 Å². The lowest BCUT2D eigenvalue weighted by Gasteiger charge is -2.25. The molecule has 2 N–H and O–H groups in total. The van der Waals surface area contributed by atoms with Gasteiger partial charge < -0.3 is 14.2 Å². The van der Waals surface area contributed by atoms with E-state index < -0.39 is 30.5 Å². The van der Waals surface area contributed by atoms with Crippen LogP contribution in [0, 0.1) is 0 Å². The Morgan fingerprint density at radius 3 is 2.50 bits per heavy atom. The maximum Gasteiger partial charge on any atom is 0.331 e. The molecule has 0 spiro atoms. The standard InChI is InChI=1S/C20H18N2O6/c23-18(13-27-19(24)11-10-14-6-2-1-3-7-14)21-22-20(25)17-12-26-15-8-4-5-9-16(15)28-17/h1-11,17H,12-13H2,(H,21,23)(H,22,25)/b11-10+/t17-/m0/s1. The van der Waals surface area contributed by atoms with E-state index in [9.17, 15) is 14.4 Å². The zero-order valence-corrected chi connectivity index (χ0v) is 14.8. The second kappa shape index (κ2) is 9.22. The molecule has 1 aliphatic rings. The van der Waals surface area contributed by atoms with E-state index in [4.69, 9.17) is 14.2 Å². The minimum atomic E-state index is -0.911. The third-order valence-electron chi connectivity index (χ3n) is 3.68. The molecule has 0 saturated carbocycles. The van der Waals surface area contributed by atoms with Crippen molar-refractivity contribution in [2.45, 2.75) is 6.10 Å². The molecule has 144 valence electrons. The number of amides is 2. The summed E-state index contributed by atoms with van der Waals surface area (Å²) < 4.78 is 15.8. The zero-order chi connectivity index (χ0) is 19.8. The van der Waals surface area contributed by atoms with Gasteiger partial charge in [-0.1, -0.05) is 42.5 Å². The van der Waals surface area contributed by atoms with E-state index in [0.29, 0.717) is 11.5 Å². The molecule has 2 aromatic carbocycles. The molecule has 1 heterocycles. The van der Waals surface area contributed by atoms with Crippen molar-refractivity contribution in [2.75, 3.05) is 13.2 Å². The molecule has 8 nitrogen and oxygen atoms in total. The van der Waals surface area contributed by atoms with E-state index in [0.717, 1.165) is 5.56 Å². The normalized spacial score (nSPS) is 14.9. The first-order chi connectivity index (χ1) is 13.6. The minimum absolute atomic E-state index is 0.0119. The van der Waals surface area contributed by atoms with Gasteiger partial charge in [0.1, 0.15) is 6.61 Å². The van der Waals surface area contributed by atoms with Gasteiger partial charge in [0.05, 0.1) is 0 Å². The number of nitrogens with one attached hydrogen (secondary N) is 2. The highest BCUT2D eigenvalue weighted by atomic mass is 16.6. The Bertz CT molecular complexity index is 881. The van der Waals surface area contributed by atoms with E-state index in [1.54, 1.807) is 30.3 Å². The number of fused-ring (bicyclic) bond motifs is 1. The molecule has 0 unspecified atom stereocenters. The molecular weight excluding hydrogens is 364 g/mol. The highest BCUT2D eigenvalue weighted by molar-refractivity contribution is 5.90. The predicted molar refractivity (Wildman–Crippen MR) is 99.1 cm³/mol. The van der Waals surface area contributed by atoms with Crippen LogP contribution in [-0.4, -0.2) is 37.1 Å². The van der Waals surface area contributed by atoms with E-state index in [-0.39, 0.29) is 6.61 Å². The van der Waals surface area contributed by atoms with Gasteiger partial charge in [0, 0.05) is 6.08 Å². The van der Waals surface area contributed by atoms with Crippen LogP contribution in [0.3, 0.4) is 0 Å². The lowest BCUT2D eigenvalue weighted by atomic mass is 10.2. The quantitative estimate of drug-likeness (QED) is 0.458. The van der Waals surface area contributed by atoms with Crippen molar-refractivity contribution in [2.24, 2.45) is 0 Å². The molecule has 1 aliphatic heterocycles. The van der Waals surface area contributed by atoms with Crippen molar-refractivity contribution in [3.63, 3.8) is 0 Å². The van der Waals surface area contributed by atoms with E-state index >= 15 is 0 Å². The van der Waals surface area contributed by atoms with Gasteiger partial charge in [-0.05, 0) is 23.8 Å². The van der Waals surface area contributed by atoms with Crippen LogP contribution in [0.15, 0.2) is 60.7 Å². The fraction of sp³-hybridized carbons (Fsp3) is 0.150. The Labute approximate surface area is 161 Å². The van der Waals surface area contributed by atoms with Crippen LogP contribution >= 0.6 is 0 Å². The molecule has 0 saturated heterocycles. The number of hydrogen-bond donors (Lipinski definition) is 2. The van der Waals surface area contributed by atoms with Crippen molar-refractivity contribution in [1.29, 1.82) is 0 Å². The summed E-state index contributed by atoms with van der Waals surface area (Å²) in [5, 5.41) is 0. The molecule has 0 aromatic heterocycles. The van der Waals surface area contributed by atoms with Gasteiger partial charge in [0.15, 0.2) is 18.1 Å². The van der Waals surface area contributed by atoms with Crippen LogP contribution in [0.1, 0.15) is 5.56 Å². The first kappa shape index (κ1) is 19.0. The average Bonchev–Trinajstić information content (AvgIpc) is 2.75. The first-order valence-corrected chi connectivity index (χ1v) is 8.49. The number of hydrogen-bond acceptors (Lipinski definition) is 6. The Hall–Kier alpha value is -3.81. The van der Waals surface area contributed by atoms with Crippen LogP contribution < -0.4 is 20.3 Å². The van der Waals surface area contributed by atoms with Crippen molar-refractivity contribution >= 4 is 23.9 Å². The van der Waals surface area contributed by atoms with Crippen LogP contribution in [0.4, 0.5) is 0 Å². The number of carbonyl (C=O) groups is 3. The Balaban J connectivity index is 1.38. The number of hydrazine groups is 1. The lowest BCUT2D eigenvalue weighted by Crippen LogP contribution is -2.51. The van der Waals surface area contributed by atoms with E-state index in [2.05, 4.69) is 10.9 Å². The number of esters is 1. The Kier molecular flexibility index (Phi) is 6.25. The summed E-state index contributed by atoms with van der Waals surface area (Å²) in [4.78, 5) is 35.4. The fourth-order valence-electron chi connectivity index (χ4n) is 2.31. The monoisotopic (exact) mass is 382 g/mol. The number of para-hydroxylation sites is 2. The van der Waals surface area contributed by atoms with Crippen LogP contribution in [0.25, 0.3) is 6.08 Å². The smallest absolute Gasteiger partial charge is 0.331 e. The predicted octanol–water partition coefficient (Wildman–Crippen LogP) is 1.23. The highest BCUT2D eigenvalue weighted by Gasteiger charge is 2.27. The SMILES string of the molecule is O=C(COC(=O)/C=C/c1ccccc1)NNC(=O)[C@@H]1COc2ccccc2O1. The topological polar surface area (TPSA) is 103 Å². The van der Waals surface area contributed by atoms with Crippen LogP contribution in [0.5, 0.6) is 11.5 Å². The second-order valence-electron chi connectivity index (χ2n) is 5.75. The minimum Gasteiger partial charge on any atom is -0.485 e. The van der Waals surface area contributed by atoms with Gasteiger partial charge in [0.2, 0.25) is 6.10 Å². The van der Waals surface area contributed by atoms with Crippen LogP contribution in [0.2, 0.25) is 0 Å². The maximum atomic E-state index is 12.1. The molecule has 2 amide bonds. The molecule has 3 rings (SSSR count). The largest absolute Gasteiger partial charge is 0.485 e. The fourth-order valence-corrected chi connectivity index (χ4v) is 2.31. The summed E-state index contributed by atoms with van der Waals surface area (Å²) in [6.45, 7) is -0.527. The third-order valence-corrected chi connectivity index (χ3v) is 3.68. The highest BCUT2D eigenvalue weighted by Crippen LogP contribution is 2.30. The van der Waals surface area contributed by atoms with E-state index in [1.165, 1.54) is 6.08 Å². The molecule has 2 aromatic rings. The van der Waals surface area contributed by atoms with Gasteiger partial charge >= 0.3 is 5.97 Å². The van der Waals surface area contributed by atoms with Crippen molar-refractivity contribution in [3.05, 3.63) is 66.2 Å². The summed E-state index contributed by atoms with van der Waals surface area (Å²) in [7, 11) is 0. The van der Waals surface area contributed by atoms with Gasteiger partial charge in [-0.2, -0.15) is 0 Å². The maximum absolute atomic E-state index is 12.1. The molecule has 0 aliphatic carbocycles. The summed E-state index contributed by atoms with van der Waals surface area (Å²) in [5.74, 6) is -0.957. The third kappa shape index (κ3) is 5.34. The molecular formula is C20H18N2O6. The average molecular weight is 382 g/mol. The van der Waals surface area contributed by atoms with Gasteiger partial charge in [-0.15, -0.1) is 0 Å². The second-order valence-corrected chi connectivity index (χ2v) is 5.75. The summed E-state index contributed by atoms with van der Waals surface area (Å²) in [5.41, 5.74) is 5.20. The molecule has 1 atom stereocenters. The summed E-state index contributed by atoms with van der Waals surface area (Å²) in [6.07, 6.45) is 1.87. The molecule has 28 heavy (non-hydrogen) atoms. The van der Waals surface area contributed by atoms with Gasteiger partial charge in [-0.3, -0.25) is 20.4 Å². The summed E-state index contributed by atoms with van der Waals surface area (Å²) >= 11 is 0. The van der Waals surface area contributed by atoms with Crippen molar-refractivity contribution in [3.8, 4) is 11.5 Å².